The van der Waals surface area contributed by atoms with E-state index in [0.717, 1.165) is 3.57 Å². The third-order valence-corrected chi connectivity index (χ3v) is 2.37. The molecule has 1 aromatic rings. The number of hydrogen-bond acceptors (Lipinski definition) is 1. The summed E-state index contributed by atoms with van der Waals surface area (Å²) < 4.78 is 0.993. The predicted octanol–water partition coefficient (Wildman–Crippen LogP) is 3.28. The summed E-state index contributed by atoms with van der Waals surface area (Å²) in [6, 6.07) is 7.14. The Bertz CT molecular complexity index is 299. The number of rotatable bonds is 2. The van der Waals surface area contributed by atoms with E-state index in [0.29, 0.717) is 5.56 Å². The molecule has 64 valence electrons. The van der Waals surface area contributed by atoms with Crippen molar-refractivity contribution in [2.45, 2.75) is 4.84 Å². The fourth-order valence-corrected chi connectivity index (χ4v) is 1.56. The van der Waals surface area contributed by atoms with Crippen LogP contribution in [0.25, 0.3) is 0 Å². The van der Waals surface area contributed by atoms with Gasteiger partial charge in [0.25, 0.3) is 0 Å². The minimum atomic E-state index is -0.969. The summed E-state index contributed by atoms with van der Waals surface area (Å²) >= 11 is 13.0. The van der Waals surface area contributed by atoms with E-state index in [1.54, 1.807) is 18.2 Å². The third-order valence-electron chi connectivity index (χ3n) is 1.31. The van der Waals surface area contributed by atoms with E-state index in [1.165, 1.54) is 0 Å². The monoisotopic (exact) mass is 314 g/mol. The van der Waals surface area contributed by atoms with Gasteiger partial charge in [0.15, 0.2) is 10.6 Å². The number of hydrogen-bond donors (Lipinski definition) is 0. The maximum atomic E-state index is 11.2. The highest BCUT2D eigenvalue weighted by molar-refractivity contribution is 14.1. The van der Waals surface area contributed by atoms with Crippen molar-refractivity contribution in [3.8, 4) is 0 Å². The second-order valence-corrected chi connectivity index (χ2v) is 4.52. The van der Waals surface area contributed by atoms with Gasteiger partial charge in [-0.15, -0.1) is 0 Å². The molecular formula is C8H5Cl2IO. The smallest absolute Gasteiger partial charge is 0.195 e. The van der Waals surface area contributed by atoms with Crippen LogP contribution in [0.15, 0.2) is 24.3 Å². The van der Waals surface area contributed by atoms with E-state index in [-0.39, 0.29) is 5.78 Å². The first-order valence-corrected chi connectivity index (χ1v) is 5.14. The molecule has 0 aliphatic carbocycles. The molecule has 1 nitrogen and oxygen atoms in total. The van der Waals surface area contributed by atoms with Gasteiger partial charge in [0, 0.05) is 9.13 Å². The molecule has 0 aromatic heterocycles. The van der Waals surface area contributed by atoms with Gasteiger partial charge in [-0.2, -0.15) is 0 Å². The summed E-state index contributed by atoms with van der Waals surface area (Å²) in [5.74, 6) is -0.253. The lowest BCUT2D eigenvalue weighted by Gasteiger charge is -2.00. The van der Waals surface area contributed by atoms with Crippen molar-refractivity contribution in [1.82, 2.24) is 0 Å². The van der Waals surface area contributed by atoms with Crippen LogP contribution in [-0.2, 0) is 0 Å². The Labute approximate surface area is 94.2 Å². The van der Waals surface area contributed by atoms with Crippen LogP contribution in [0.2, 0.25) is 0 Å². The van der Waals surface area contributed by atoms with Gasteiger partial charge in [-0.1, -0.05) is 35.3 Å². The topological polar surface area (TPSA) is 17.1 Å². The Morgan fingerprint density at radius 3 is 2.58 bits per heavy atom. The molecule has 12 heavy (non-hydrogen) atoms. The van der Waals surface area contributed by atoms with Crippen molar-refractivity contribution in [2.75, 3.05) is 0 Å². The van der Waals surface area contributed by atoms with E-state index >= 15 is 0 Å². The molecule has 0 fully saturated rings. The summed E-state index contributed by atoms with van der Waals surface area (Å²) in [7, 11) is 0. The number of alkyl halides is 2. The zero-order chi connectivity index (χ0) is 9.14. The van der Waals surface area contributed by atoms with Crippen LogP contribution in [0.3, 0.4) is 0 Å². The Hall–Kier alpha value is 0.200. The standard InChI is InChI=1S/C8H5Cl2IO/c9-8(10)7(12)5-2-1-3-6(11)4-5/h1-4,8H. The molecular weight excluding hydrogens is 310 g/mol. The van der Waals surface area contributed by atoms with Crippen molar-refractivity contribution in [3.63, 3.8) is 0 Å². The summed E-state index contributed by atoms with van der Waals surface area (Å²) in [6.07, 6.45) is 0. The molecule has 0 heterocycles. The number of halogens is 3. The van der Waals surface area contributed by atoms with E-state index in [1.807, 2.05) is 6.07 Å². The normalized spacial score (nSPS) is 10.3. The van der Waals surface area contributed by atoms with Crippen LogP contribution < -0.4 is 0 Å². The highest BCUT2D eigenvalue weighted by atomic mass is 127. The van der Waals surface area contributed by atoms with Gasteiger partial charge in [0.2, 0.25) is 0 Å². The van der Waals surface area contributed by atoms with Gasteiger partial charge in [0.1, 0.15) is 0 Å². The van der Waals surface area contributed by atoms with Crippen LogP contribution in [0, 0.1) is 3.57 Å². The first-order chi connectivity index (χ1) is 5.61. The highest BCUT2D eigenvalue weighted by Crippen LogP contribution is 2.14. The van der Waals surface area contributed by atoms with Gasteiger partial charge in [-0.05, 0) is 34.7 Å². The molecule has 0 bridgehead atoms. The fraction of sp³-hybridized carbons (Fsp3) is 0.125. The van der Waals surface area contributed by atoms with Crippen LogP contribution in [0.1, 0.15) is 10.4 Å². The Morgan fingerprint density at radius 1 is 1.42 bits per heavy atom. The summed E-state index contributed by atoms with van der Waals surface area (Å²) in [5, 5.41) is 0. The largest absolute Gasteiger partial charge is 0.291 e. The van der Waals surface area contributed by atoms with E-state index in [2.05, 4.69) is 22.6 Å². The molecule has 0 N–H and O–H groups in total. The maximum Gasteiger partial charge on any atom is 0.195 e. The van der Waals surface area contributed by atoms with Crippen molar-refractivity contribution in [1.29, 1.82) is 0 Å². The van der Waals surface area contributed by atoms with Gasteiger partial charge in [-0.25, -0.2) is 0 Å². The Balaban J connectivity index is 2.96. The quantitative estimate of drug-likeness (QED) is 0.465. The van der Waals surface area contributed by atoms with Crippen LogP contribution in [-0.4, -0.2) is 10.6 Å². The third kappa shape index (κ3) is 2.61. The molecule has 0 aliphatic rings. The maximum absolute atomic E-state index is 11.2. The van der Waals surface area contributed by atoms with E-state index in [4.69, 9.17) is 23.2 Å². The first kappa shape index (κ1) is 10.3. The zero-order valence-corrected chi connectivity index (χ0v) is 9.60. The van der Waals surface area contributed by atoms with Gasteiger partial charge >= 0.3 is 0 Å². The molecule has 0 radical (unpaired) electrons. The summed E-state index contributed by atoms with van der Waals surface area (Å²) in [5.41, 5.74) is 0.553. The van der Waals surface area contributed by atoms with E-state index in [9.17, 15) is 4.79 Å². The summed E-state index contributed by atoms with van der Waals surface area (Å²) in [4.78, 5) is 10.3. The molecule has 0 atom stereocenters. The lowest BCUT2D eigenvalue weighted by molar-refractivity contribution is 0.101. The number of Topliss-reactive ketones (excluding diaryl/α,β-unsaturated/α-hetero) is 1. The van der Waals surface area contributed by atoms with Gasteiger partial charge < -0.3 is 0 Å². The molecule has 0 unspecified atom stereocenters. The number of ketones is 1. The molecule has 1 aromatic carbocycles. The first-order valence-electron chi connectivity index (χ1n) is 3.19. The van der Waals surface area contributed by atoms with Crippen molar-refractivity contribution >= 4 is 51.6 Å². The van der Waals surface area contributed by atoms with E-state index < -0.39 is 4.84 Å². The van der Waals surface area contributed by atoms with Crippen LogP contribution in [0.5, 0.6) is 0 Å². The Kier molecular flexibility index (Phi) is 3.80. The molecule has 4 heteroatoms. The second kappa shape index (κ2) is 4.44. The van der Waals surface area contributed by atoms with Crippen molar-refractivity contribution in [2.24, 2.45) is 0 Å². The van der Waals surface area contributed by atoms with Gasteiger partial charge in [0.05, 0.1) is 0 Å². The number of carbonyl (C=O) groups excluding carboxylic acids is 1. The van der Waals surface area contributed by atoms with Crippen LogP contribution in [0.4, 0.5) is 0 Å². The molecule has 0 spiro atoms. The lowest BCUT2D eigenvalue weighted by Crippen LogP contribution is -2.07. The fourth-order valence-electron chi connectivity index (χ4n) is 0.768. The molecule has 0 saturated heterocycles. The number of benzene rings is 1. The second-order valence-electron chi connectivity index (χ2n) is 2.18. The predicted molar refractivity (Wildman–Crippen MR) is 59.0 cm³/mol. The molecule has 0 saturated carbocycles. The molecule has 1 rings (SSSR count). The lowest BCUT2D eigenvalue weighted by atomic mass is 10.1. The SMILES string of the molecule is O=C(c1cccc(I)c1)C(Cl)Cl. The minimum Gasteiger partial charge on any atom is -0.291 e. The van der Waals surface area contributed by atoms with Crippen molar-refractivity contribution < 1.29 is 4.79 Å². The summed E-state index contributed by atoms with van der Waals surface area (Å²) in [6.45, 7) is 0. The molecule has 0 amide bonds. The van der Waals surface area contributed by atoms with Crippen LogP contribution >= 0.6 is 45.8 Å². The molecule has 0 aliphatic heterocycles. The average molecular weight is 315 g/mol. The minimum absolute atomic E-state index is 0.253. The van der Waals surface area contributed by atoms with Gasteiger partial charge in [-0.3, -0.25) is 4.79 Å². The average Bonchev–Trinajstić information content (AvgIpc) is 2.03. The van der Waals surface area contributed by atoms with Crippen molar-refractivity contribution in [3.05, 3.63) is 33.4 Å². The zero-order valence-electron chi connectivity index (χ0n) is 5.93. The number of carbonyl (C=O) groups is 1. The highest BCUT2D eigenvalue weighted by Gasteiger charge is 2.13. The Morgan fingerprint density at radius 2 is 2.08 bits per heavy atom.